The number of benzene rings is 2. The van der Waals surface area contributed by atoms with Gasteiger partial charge in [0.1, 0.15) is 5.69 Å². The van der Waals surface area contributed by atoms with E-state index in [1.807, 2.05) is 12.2 Å². The normalized spacial score (nSPS) is 20.2. The molecule has 0 spiro atoms. The summed E-state index contributed by atoms with van der Waals surface area (Å²) >= 11 is 4.16. The highest BCUT2D eigenvalue weighted by Crippen LogP contribution is 2.38. The van der Waals surface area contributed by atoms with Crippen molar-refractivity contribution >= 4 is 56.8 Å². The Morgan fingerprint density at radius 2 is 1.58 bits per heavy atom. The van der Waals surface area contributed by atoms with Crippen LogP contribution in [0.1, 0.15) is 12.8 Å². The molecule has 1 saturated heterocycles. The van der Waals surface area contributed by atoms with E-state index in [2.05, 4.69) is 21.2 Å². The molecule has 1 aliphatic heterocycles. The van der Waals surface area contributed by atoms with Gasteiger partial charge in [0.05, 0.1) is 23.3 Å². The number of fused-ring (bicyclic) bond motifs is 1. The number of hydrogen-bond donors (Lipinski definition) is 1. The number of rotatable bonds is 5. The van der Waals surface area contributed by atoms with Crippen LogP contribution in [0.3, 0.4) is 0 Å². The maximum atomic E-state index is 13.8. The lowest BCUT2D eigenvalue weighted by atomic mass is 9.85. The van der Waals surface area contributed by atoms with Gasteiger partial charge in [-0.3, -0.25) is 19.3 Å². The van der Waals surface area contributed by atoms with Crippen molar-refractivity contribution in [3.05, 3.63) is 64.7 Å². The summed E-state index contributed by atoms with van der Waals surface area (Å²) in [6.07, 6.45) is 5.03. The minimum Gasteiger partial charge on any atom is -0.320 e. The van der Waals surface area contributed by atoms with Crippen molar-refractivity contribution in [3.63, 3.8) is 0 Å². The average molecular weight is 507 g/mol. The van der Waals surface area contributed by atoms with Gasteiger partial charge in [0, 0.05) is 9.37 Å². The molecule has 5 nitrogen and oxygen atoms in total. The van der Waals surface area contributed by atoms with E-state index in [0.29, 0.717) is 23.4 Å². The molecule has 1 heterocycles. The van der Waals surface area contributed by atoms with Crippen LogP contribution in [-0.4, -0.2) is 23.5 Å². The van der Waals surface area contributed by atoms with Crippen molar-refractivity contribution in [2.24, 2.45) is 11.8 Å². The molecule has 0 aromatic heterocycles. The average Bonchev–Trinajstić information content (AvgIpc) is 3.00. The van der Waals surface area contributed by atoms with E-state index in [-0.39, 0.29) is 33.9 Å². The summed E-state index contributed by atoms with van der Waals surface area (Å²) in [5.41, 5.74) is 0.00312. The Labute approximate surface area is 190 Å². The molecule has 3 amide bonds. The molecule has 2 atom stereocenters. The predicted octanol–water partition coefficient (Wildman–Crippen LogP) is 4.91. The molecular formula is C22H17BrF2N2O3S. The Morgan fingerprint density at radius 3 is 2.13 bits per heavy atom. The number of nitrogens with zero attached hydrogens (tertiary/aromatic N) is 1. The molecule has 2 aromatic rings. The highest BCUT2D eigenvalue weighted by Gasteiger charge is 2.47. The summed E-state index contributed by atoms with van der Waals surface area (Å²) in [7, 11) is 0. The van der Waals surface area contributed by atoms with Gasteiger partial charge < -0.3 is 5.32 Å². The lowest BCUT2D eigenvalue weighted by Gasteiger charge is -2.15. The number of amides is 3. The minimum atomic E-state index is -0.870. The highest BCUT2D eigenvalue weighted by atomic mass is 79.9. The van der Waals surface area contributed by atoms with E-state index in [9.17, 15) is 23.2 Å². The third kappa shape index (κ3) is 4.43. The van der Waals surface area contributed by atoms with E-state index in [1.54, 1.807) is 24.3 Å². The second-order valence-corrected chi connectivity index (χ2v) is 9.21. The lowest BCUT2D eigenvalue weighted by Crippen LogP contribution is -2.30. The summed E-state index contributed by atoms with van der Waals surface area (Å²) in [5, 5.41) is 2.24. The summed E-state index contributed by atoms with van der Waals surface area (Å²) in [6.45, 7) is 0. The van der Waals surface area contributed by atoms with E-state index in [4.69, 9.17) is 0 Å². The van der Waals surface area contributed by atoms with Gasteiger partial charge in [-0.05, 0) is 49.2 Å². The zero-order chi connectivity index (χ0) is 22.1. The number of thioether (sulfide) groups is 1. The first-order valence-electron chi connectivity index (χ1n) is 9.55. The van der Waals surface area contributed by atoms with Gasteiger partial charge in [-0.25, -0.2) is 8.78 Å². The number of carbonyl (C=O) groups is 3. The number of anilines is 2. The molecule has 1 aliphatic carbocycles. The Bertz CT molecular complexity index is 1040. The van der Waals surface area contributed by atoms with Crippen molar-refractivity contribution < 1.29 is 23.2 Å². The maximum absolute atomic E-state index is 13.8. The molecule has 1 fully saturated rings. The minimum absolute atomic E-state index is 0.0638. The molecule has 0 bridgehead atoms. The molecule has 1 N–H and O–H groups in total. The Kier molecular flexibility index (Phi) is 6.24. The zero-order valence-electron chi connectivity index (χ0n) is 16.1. The molecule has 0 unspecified atom stereocenters. The second-order valence-electron chi connectivity index (χ2n) is 7.24. The van der Waals surface area contributed by atoms with Crippen molar-refractivity contribution in [1.29, 1.82) is 0 Å². The summed E-state index contributed by atoms with van der Waals surface area (Å²) in [4.78, 5) is 39.4. The number of allylic oxidation sites excluding steroid dienone is 2. The Morgan fingerprint density at radius 1 is 1.03 bits per heavy atom. The van der Waals surface area contributed by atoms with Gasteiger partial charge >= 0.3 is 0 Å². The molecule has 0 saturated carbocycles. The fourth-order valence-corrected chi connectivity index (χ4v) is 4.83. The molecule has 9 heteroatoms. The van der Waals surface area contributed by atoms with Crippen LogP contribution in [0.25, 0.3) is 0 Å². The first-order valence-corrected chi connectivity index (χ1v) is 11.3. The second kappa shape index (κ2) is 8.92. The summed E-state index contributed by atoms with van der Waals surface area (Å²) in [5.74, 6) is -3.32. The van der Waals surface area contributed by atoms with E-state index < -0.39 is 23.2 Å². The highest BCUT2D eigenvalue weighted by molar-refractivity contribution is 9.10. The maximum Gasteiger partial charge on any atom is 0.238 e. The van der Waals surface area contributed by atoms with Crippen LogP contribution in [0.5, 0.6) is 0 Å². The van der Waals surface area contributed by atoms with Gasteiger partial charge in [0.25, 0.3) is 0 Å². The Balaban J connectivity index is 1.38. The quantitative estimate of drug-likeness (QED) is 0.355. The summed E-state index contributed by atoms with van der Waals surface area (Å²) < 4.78 is 27.9. The van der Waals surface area contributed by atoms with Crippen LogP contribution >= 0.6 is 27.7 Å². The first-order chi connectivity index (χ1) is 14.8. The van der Waals surface area contributed by atoms with Crippen molar-refractivity contribution in [2.75, 3.05) is 16.0 Å². The molecule has 0 radical (unpaired) electrons. The predicted molar refractivity (Wildman–Crippen MR) is 118 cm³/mol. The van der Waals surface area contributed by atoms with Crippen LogP contribution in [0.15, 0.2) is 57.9 Å². The van der Waals surface area contributed by atoms with Crippen LogP contribution in [0.4, 0.5) is 20.2 Å². The smallest absolute Gasteiger partial charge is 0.238 e. The van der Waals surface area contributed by atoms with E-state index >= 15 is 0 Å². The fraction of sp³-hybridized carbons (Fsp3) is 0.227. The third-order valence-corrected chi connectivity index (χ3v) is 6.71. The van der Waals surface area contributed by atoms with Gasteiger partial charge in [0.2, 0.25) is 17.7 Å². The van der Waals surface area contributed by atoms with Crippen molar-refractivity contribution in [2.45, 2.75) is 17.7 Å². The SMILES string of the molecule is O=C(CSc1ccc(N2C(=O)[C@H]3CC=CC[C@H]3C2=O)cc1)Nc1c(F)cc(Br)cc1F. The molecule has 160 valence electrons. The van der Waals surface area contributed by atoms with Crippen LogP contribution in [-0.2, 0) is 14.4 Å². The number of imide groups is 1. The van der Waals surface area contributed by atoms with Crippen LogP contribution in [0.2, 0.25) is 0 Å². The Hall–Kier alpha value is -2.52. The number of hydrogen-bond acceptors (Lipinski definition) is 4. The molecule has 4 rings (SSSR count). The first kappa shape index (κ1) is 21.7. The summed E-state index contributed by atoms with van der Waals surface area (Å²) in [6, 6.07) is 8.86. The zero-order valence-corrected chi connectivity index (χ0v) is 18.5. The molecule has 31 heavy (non-hydrogen) atoms. The van der Waals surface area contributed by atoms with Crippen molar-refractivity contribution in [1.82, 2.24) is 0 Å². The van der Waals surface area contributed by atoms with Gasteiger partial charge in [-0.2, -0.15) is 0 Å². The topological polar surface area (TPSA) is 66.5 Å². The standard InChI is InChI=1S/C22H17BrF2N2O3S/c23-12-9-17(24)20(18(25)10-12)26-19(28)11-31-14-7-5-13(6-8-14)27-21(29)15-3-1-2-4-16(15)22(27)30/h1-2,5-10,15-16H,3-4,11H2,(H,26,28)/t15-,16+. The van der Waals surface area contributed by atoms with E-state index in [1.165, 1.54) is 16.7 Å². The van der Waals surface area contributed by atoms with Gasteiger partial charge in [0.15, 0.2) is 11.6 Å². The molecular weight excluding hydrogens is 490 g/mol. The van der Waals surface area contributed by atoms with E-state index in [0.717, 1.165) is 12.1 Å². The number of halogens is 3. The van der Waals surface area contributed by atoms with Gasteiger partial charge in [-0.1, -0.05) is 28.1 Å². The molecule has 2 aliphatic rings. The molecule has 2 aromatic carbocycles. The number of carbonyl (C=O) groups excluding carboxylic acids is 3. The monoisotopic (exact) mass is 506 g/mol. The number of nitrogens with one attached hydrogen (secondary N) is 1. The largest absolute Gasteiger partial charge is 0.320 e. The lowest BCUT2D eigenvalue weighted by molar-refractivity contribution is -0.122. The fourth-order valence-electron chi connectivity index (χ4n) is 3.73. The third-order valence-electron chi connectivity index (χ3n) is 5.24. The van der Waals surface area contributed by atoms with Crippen LogP contribution in [0, 0.1) is 23.5 Å². The van der Waals surface area contributed by atoms with Gasteiger partial charge in [-0.15, -0.1) is 11.8 Å². The van der Waals surface area contributed by atoms with Crippen LogP contribution < -0.4 is 10.2 Å². The van der Waals surface area contributed by atoms with Crippen molar-refractivity contribution in [3.8, 4) is 0 Å².